The summed E-state index contributed by atoms with van der Waals surface area (Å²) in [5.41, 5.74) is 3.76. The average molecular weight is 430 g/mol. The minimum atomic E-state index is -2.82. The van der Waals surface area contributed by atoms with E-state index in [0.29, 0.717) is 0 Å². The fourth-order valence-corrected chi connectivity index (χ4v) is 13.9. The topological polar surface area (TPSA) is 29.1 Å². The fourth-order valence-electron chi connectivity index (χ4n) is 6.19. The summed E-state index contributed by atoms with van der Waals surface area (Å²) in [5, 5.41) is -0.810. The first kappa shape index (κ1) is 23.0. The van der Waals surface area contributed by atoms with Crippen molar-refractivity contribution < 1.29 is 4.79 Å². The van der Waals surface area contributed by atoms with Crippen molar-refractivity contribution in [2.45, 2.75) is 56.7 Å². The van der Waals surface area contributed by atoms with Crippen molar-refractivity contribution in [3.63, 3.8) is 0 Å². The van der Waals surface area contributed by atoms with Crippen molar-refractivity contribution in [1.82, 2.24) is 4.98 Å². The molecule has 1 amide bonds. The van der Waals surface area contributed by atoms with Crippen LogP contribution in [-0.4, -0.2) is 14.6 Å². The van der Waals surface area contributed by atoms with E-state index in [-0.39, 0.29) is 15.1 Å². The second-order valence-electron chi connectivity index (χ2n) is 9.99. The van der Waals surface area contributed by atoms with Crippen LogP contribution in [0.3, 0.4) is 0 Å². The molecule has 0 unspecified atom stereocenters. The van der Waals surface area contributed by atoms with Gasteiger partial charge < -0.3 is 4.98 Å². The fraction of sp³-hybridized carbons (Fsp3) is 0.321. The van der Waals surface area contributed by atoms with Gasteiger partial charge in [-0.15, -0.1) is 0 Å². The molecule has 0 aliphatic rings. The summed E-state index contributed by atoms with van der Waals surface area (Å²) >= 11 is 0. The molecule has 0 saturated carbocycles. The Bertz CT molecular complexity index is 870. The third-order valence-electron chi connectivity index (χ3n) is 7.57. The molecule has 3 heteroatoms. The molecule has 0 heterocycles. The monoisotopic (exact) mass is 429 g/mol. The number of rotatable bonds is 8. The summed E-state index contributed by atoms with van der Waals surface area (Å²) < 4.78 is 0. The Morgan fingerprint density at radius 1 is 0.548 bits per heavy atom. The summed E-state index contributed by atoms with van der Waals surface area (Å²) in [4.78, 5) is 15.9. The third-order valence-corrected chi connectivity index (χ3v) is 14.6. The second-order valence-corrected chi connectivity index (χ2v) is 15.5. The Kier molecular flexibility index (Phi) is 6.29. The highest BCUT2D eigenvalue weighted by atomic mass is 28.3. The Morgan fingerprint density at radius 2 is 0.806 bits per heavy atom. The van der Waals surface area contributed by atoms with Crippen LogP contribution in [0.15, 0.2) is 91.0 Å². The predicted octanol–water partition coefficient (Wildman–Crippen LogP) is 6.23. The molecule has 2 nitrogen and oxygen atoms in total. The van der Waals surface area contributed by atoms with E-state index in [9.17, 15) is 4.79 Å². The van der Waals surface area contributed by atoms with Gasteiger partial charge in [0.1, 0.15) is 0 Å². The van der Waals surface area contributed by atoms with E-state index < -0.39 is 8.24 Å². The summed E-state index contributed by atoms with van der Waals surface area (Å²) in [7, 11) is -2.82. The largest absolute Gasteiger partial charge is 0.382 e. The standard InChI is InChI=1S/C28H35NOSi/c1-26(2,23-16-10-7-11-17-23)31(29-22-30,27(3,4)24-18-12-8-13-19-24)28(5,6)25-20-14-9-15-21-25/h7-22H,1-6H3,(H,29,30). The molecular formula is C28H35NOSi. The highest BCUT2D eigenvalue weighted by Crippen LogP contribution is 2.53. The summed E-state index contributed by atoms with van der Waals surface area (Å²) in [6.45, 7) is 13.9. The quantitative estimate of drug-likeness (QED) is 0.334. The number of amides is 1. The van der Waals surface area contributed by atoms with E-state index in [2.05, 4.69) is 138 Å². The van der Waals surface area contributed by atoms with Crippen molar-refractivity contribution in [1.29, 1.82) is 0 Å². The number of nitrogens with one attached hydrogen (secondary N) is 1. The maximum absolute atomic E-state index is 12.4. The van der Waals surface area contributed by atoms with Crippen molar-refractivity contribution in [2.24, 2.45) is 0 Å². The number of benzene rings is 3. The zero-order valence-electron chi connectivity index (χ0n) is 19.6. The van der Waals surface area contributed by atoms with Crippen LogP contribution in [0.2, 0.25) is 0 Å². The summed E-state index contributed by atoms with van der Waals surface area (Å²) in [5.74, 6) is 0. The Hall–Kier alpha value is -2.65. The Balaban J connectivity index is 2.43. The van der Waals surface area contributed by atoms with E-state index in [1.54, 1.807) is 0 Å². The van der Waals surface area contributed by atoms with Gasteiger partial charge in [0, 0.05) is 15.1 Å². The van der Waals surface area contributed by atoms with Gasteiger partial charge >= 0.3 is 0 Å². The van der Waals surface area contributed by atoms with Crippen LogP contribution in [-0.2, 0) is 19.9 Å². The molecule has 31 heavy (non-hydrogen) atoms. The predicted molar refractivity (Wildman–Crippen MR) is 133 cm³/mol. The second kappa shape index (κ2) is 8.47. The number of hydrogen-bond donors (Lipinski definition) is 1. The zero-order valence-corrected chi connectivity index (χ0v) is 20.6. The number of hydrogen-bond acceptors (Lipinski definition) is 1. The van der Waals surface area contributed by atoms with Crippen molar-refractivity contribution in [3.8, 4) is 0 Å². The summed E-state index contributed by atoms with van der Waals surface area (Å²) in [6.07, 6.45) is 0.951. The molecule has 3 rings (SSSR count). The normalized spacial score (nSPS) is 13.0. The summed E-state index contributed by atoms with van der Waals surface area (Å²) in [6, 6.07) is 32.0. The molecule has 3 aromatic rings. The van der Waals surface area contributed by atoms with Gasteiger partial charge in [-0.05, 0) is 16.7 Å². The lowest BCUT2D eigenvalue weighted by Crippen LogP contribution is -2.81. The van der Waals surface area contributed by atoms with E-state index in [1.165, 1.54) is 16.7 Å². The van der Waals surface area contributed by atoms with Crippen LogP contribution >= 0.6 is 0 Å². The van der Waals surface area contributed by atoms with Gasteiger partial charge in [0.2, 0.25) is 0 Å². The molecular weight excluding hydrogens is 394 g/mol. The molecule has 0 fully saturated rings. The molecule has 0 aliphatic carbocycles. The minimum Gasteiger partial charge on any atom is -0.382 e. The van der Waals surface area contributed by atoms with Gasteiger partial charge in [-0.25, -0.2) is 0 Å². The molecule has 3 aromatic carbocycles. The molecule has 0 bridgehead atoms. The first-order valence-electron chi connectivity index (χ1n) is 11.0. The average Bonchev–Trinajstić information content (AvgIpc) is 2.78. The van der Waals surface area contributed by atoms with Crippen LogP contribution in [0.25, 0.3) is 0 Å². The van der Waals surface area contributed by atoms with Crippen LogP contribution in [0.1, 0.15) is 58.2 Å². The van der Waals surface area contributed by atoms with Gasteiger partial charge in [0.25, 0.3) is 0 Å². The van der Waals surface area contributed by atoms with E-state index in [1.807, 2.05) is 0 Å². The Morgan fingerprint density at radius 3 is 1.03 bits per heavy atom. The van der Waals surface area contributed by atoms with Crippen LogP contribution in [0, 0.1) is 0 Å². The number of carbonyl (C=O) groups excluding carboxylic acids is 1. The smallest absolute Gasteiger partial charge is 0.199 e. The van der Waals surface area contributed by atoms with E-state index >= 15 is 0 Å². The van der Waals surface area contributed by atoms with Crippen molar-refractivity contribution in [3.05, 3.63) is 108 Å². The van der Waals surface area contributed by atoms with Crippen LogP contribution in [0.5, 0.6) is 0 Å². The SMILES string of the molecule is CC(C)(c1ccccc1)[Si](NC=O)(C(C)(C)c1ccccc1)C(C)(C)c1ccccc1. The molecule has 162 valence electrons. The lowest BCUT2D eigenvalue weighted by molar-refractivity contribution is -0.108. The van der Waals surface area contributed by atoms with E-state index in [0.717, 1.165) is 6.41 Å². The van der Waals surface area contributed by atoms with Gasteiger partial charge in [-0.1, -0.05) is 133 Å². The molecule has 0 atom stereocenters. The first-order valence-corrected chi connectivity index (χ1v) is 13.0. The Labute approximate surface area is 188 Å². The minimum absolute atomic E-state index is 0.270. The van der Waals surface area contributed by atoms with Crippen molar-refractivity contribution in [2.75, 3.05) is 0 Å². The van der Waals surface area contributed by atoms with Gasteiger partial charge in [0.15, 0.2) is 14.6 Å². The lowest BCUT2D eigenvalue weighted by atomic mass is 9.99. The van der Waals surface area contributed by atoms with Gasteiger partial charge in [-0.2, -0.15) is 0 Å². The van der Waals surface area contributed by atoms with Crippen LogP contribution < -0.4 is 4.98 Å². The van der Waals surface area contributed by atoms with Crippen molar-refractivity contribution >= 4 is 14.6 Å². The molecule has 0 radical (unpaired) electrons. The maximum Gasteiger partial charge on any atom is 0.199 e. The lowest BCUT2D eigenvalue weighted by Gasteiger charge is -2.61. The molecule has 0 aliphatic heterocycles. The molecule has 0 spiro atoms. The van der Waals surface area contributed by atoms with Gasteiger partial charge in [-0.3, -0.25) is 4.79 Å². The third kappa shape index (κ3) is 3.55. The van der Waals surface area contributed by atoms with Gasteiger partial charge in [0.05, 0.1) is 0 Å². The number of carbonyl (C=O) groups is 1. The molecule has 1 N–H and O–H groups in total. The molecule has 0 saturated heterocycles. The maximum atomic E-state index is 12.4. The first-order chi connectivity index (χ1) is 14.6. The zero-order chi connectivity index (χ0) is 22.8. The highest BCUT2D eigenvalue weighted by molar-refractivity contribution is 6.86. The highest BCUT2D eigenvalue weighted by Gasteiger charge is 2.66. The molecule has 0 aromatic heterocycles. The van der Waals surface area contributed by atoms with Crippen LogP contribution in [0.4, 0.5) is 0 Å². The van der Waals surface area contributed by atoms with E-state index in [4.69, 9.17) is 0 Å².